The number of piperidine rings is 1. The fourth-order valence-electron chi connectivity index (χ4n) is 6.07. The highest BCUT2D eigenvalue weighted by Gasteiger charge is 2.31. The second-order valence-electron chi connectivity index (χ2n) is 13.7. The number of nitrogens with zero attached hydrogens (tertiary/aromatic N) is 6. The molecule has 4 N–H and O–H groups in total. The first-order chi connectivity index (χ1) is 24.9. The molecule has 2 amide bonds. The highest BCUT2D eigenvalue weighted by molar-refractivity contribution is 6.04. The zero-order valence-electron chi connectivity index (χ0n) is 29.7. The third kappa shape index (κ3) is 9.44. The Labute approximate surface area is 301 Å². The van der Waals surface area contributed by atoms with Crippen LogP contribution in [0.4, 0.5) is 36.2 Å². The van der Waals surface area contributed by atoms with Crippen LogP contribution in [0.2, 0.25) is 0 Å². The van der Waals surface area contributed by atoms with Crippen LogP contribution in [-0.2, 0) is 12.6 Å². The second kappa shape index (κ2) is 16.1. The Kier molecular flexibility index (Phi) is 11.4. The minimum absolute atomic E-state index is 0.121. The minimum atomic E-state index is -4.58. The lowest BCUT2D eigenvalue weighted by molar-refractivity contribution is -0.137. The van der Waals surface area contributed by atoms with Gasteiger partial charge in [-0.15, -0.1) is 0 Å². The lowest BCUT2D eigenvalue weighted by Gasteiger charge is -2.26. The number of aromatic nitrogens is 4. The number of amides is 2. The van der Waals surface area contributed by atoms with Gasteiger partial charge in [0.05, 0.1) is 5.56 Å². The normalized spacial score (nSPS) is 15.1. The van der Waals surface area contributed by atoms with Crippen molar-refractivity contribution < 1.29 is 22.8 Å². The Bertz CT molecular complexity index is 1880. The number of alkyl halides is 3. The fourth-order valence-corrected chi connectivity index (χ4v) is 6.07. The number of likely N-dealkylation sites (N-methyl/N-ethyl adjacent to an activating group) is 1. The van der Waals surface area contributed by atoms with E-state index in [4.69, 9.17) is 5.10 Å². The molecule has 4 aromatic rings. The molecule has 15 heteroatoms. The van der Waals surface area contributed by atoms with Crippen molar-refractivity contribution in [1.82, 2.24) is 34.9 Å². The Morgan fingerprint density at radius 3 is 2.50 bits per heavy atom. The number of carbonyl (C=O) groups is 2. The molecule has 0 atom stereocenters. The molecule has 276 valence electrons. The predicted molar refractivity (Wildman–Crippen MR) is 195 cm³/mol. The van der Waals surface area contributed by atoms with E-state index in [-0.39, 0.29) is 17.2 Å². The highest BCUT2D eigenvalue weighted by atomic mass is 19.4. The summed E-state index contributed by atoms with van der Waals surface area (Å²) in [5.74, 6) is 0.635. The number of hydrogen-bond acceptors (Lipinski definition) is 9. The monoisotopic (exact) mass is 718 g/mol. The fraction of sp³-hybridized carbons (Fsp3) is 0.432. The molecule has 0 unspecified atom stereocenters. The van der Waals surface area contributed by atoms with Crippen LogP contribution in [0.15, 0.2) is 54.9 Å². The van der Waals surface area contributed by atoms with Crippen LogP contribution in [0.1, 0.15) is 69.6 Å². The molecule has 0 spiro atoms. The van der Waals surface area contributed by atoms with E-state index in [0.29, 0.717) is 59.9 Å². The first kappa shape index (κ1) is 36.8. The van der Waals surface area contributed by atoms with Crippen LogP contribution in [0, 0.1) is 6.92 Å². The summed E-state index contributed by atoms with van der Waals surface area (Å²) in [4.78, 5) is 40.3. The van der Waals surface area contributed by atoms with Gasteiger partial charge in [-0.05, 0) is 102 Å². The number of aryl methyl sites for hydroxylation is 1. The molecule has 2 aromatic heterocycles. The van der Waals surface area contributed by atoms with E-state index < -0.39 is 17.6 Å². The van der Waals surface area contributed by atoms with Crippen molar-refractivity contribution in [2.45, 2.75) is 57.7 Å². The summed E-state index contributed by atoms with van der Waals surface area (Å²) in [5.41, 5.74) is 1.69. The number of benzene rings is 2. The van der Waals surface area contributed by atoms with Crippen molar-refractivity contribution in [1.29, 1.82) is 0 Å². The molecular weight excluding hydrogens is 673 g/mol. The van der Waals surface area contributed by atoms with Crippen LogP contribution >= 0.6 is 0 Å². The van der Waals surface area contributed by atoms with Gasteiger partial charge in [-0.3, -0.25) is 9.59 Å². The second-order valence-corrected chi connectivity index (χ2v) is 13.7. The molecule has 6 rings (SSSR count). The summed E-state index contributed by atoms with van der Waals surface area (Å²) in [6.07, 6.45) is 3.03. The van der Waals surface area contributed by atoms with Crippen LogP contribution in [0.5, 0.6) is 0 Å². The zero-order valence-corrected chi connectivity index (χ0v) is 29.7. The van der Waals surface area contributed by atoms with Crippen LogP contribution < -0.4 is 21.3 Å². The molecular formula is C37H45F3N10O2. The van der Waals surface area contributed by atoms with Gasteiger partial charge in [-0.2, -0.15) is 23.0 Å². The van der Waals surface area contributed by atoms with Gasteiger partial charge in [-0.25, -0.2) is 9.97 Å². The van der Waals surface area contributed by atoms with Gasteiger partial charge >= 0.3 is 6.18 Å². The number of nitrogens with one attached hydrogen (secondary N) is 4. The van der Waals surface area contributed by atoms with E-state index >= 15 is 0 Å². The molecule has 2 fully saturated rings. The topological polar surface area (TPSA) is 132 Å². The van der Waals surface area contributed by atoms with Crippen molar-refractivity contribution in [2.24, 2.45) is 0 Å². The lowest BCUT2D eigenvalue weighted by Crippen LogP contribution is -2.38. The third-order valence-corrected chi connectivity index (χ3v) is 9.17. The van der Waals surface area contributed by atoms with E-state index in [1.165, 1.54) is 24.9 Å². The van der Waals surface area contributed by atoms with Gasteiger partial charge in [0.2, 0.25) is 0 Å². The maximum absolute atomic E-state index is 13.9. The van der Waals surface area contributed by atoms with E-state index in [0.717, 1.165) is 63.0 Å². The molecule has 3 heterocycles. The largest absolute Gasteiger partial charge is 0.416 e. The number of hydrogen-bond donors (Lipinski definition) is 4. The maximum atomic E-state index is 13.9. The molecule has 1 aliphatic heterocycles. The van der Waals surface area contributed by atoms with E-state index in [9.17, 15) is 22.8 Å². The van der Waals surface area contributed by atoms with Crippen molar-refractivity contribution >= 4 is 34.8 Å². The number of rotatable bonds is 14. The van der Waals surface area contributed by atoms with Crippen LogP contribution in [-0.4, -0.2) is 94.2 Å². The Hall–Kier alpha value is -5.02. The number of likely N-dealkylation sites (tertiary alicyclic amines) is 1. The van der Waals surface area contributed by atoms with Gasteiger partial charge in [0.15, 0.2) is 11.5 Å². The average Bonchev–Trinajstić information content (AvgIpc) is 3.87. The third-order valence-electron chi connectivity index (χ3n) is 9.17. The zero-order chi connectivity index (χ0) is 36.8. The molecule has 0 radical (unpaired) electrons. The van der Waals surface area contributed by atoms with Crippen LogP contribution in [0.3, 0.4) is 0 Å². The van der Waals surface area contributed by atoms with Gasteiger partial charge in [0.1, 0.15) is 18.0 Å². The predicted octanol–water partition coefficient (Wildman–Crippen LogP) is 5.88. The van der Waals surface area contributed by atoms with E-state index in [1.54, 1.807) is 28.9 Å². The molecule has 2 aromatic carbocycles. The van der Waals surface area contributed by atoms with Crippen molar-refractivity contribution in [3.05, 3.63) is 82.8 Å². The van der Waals surface area contributed by atoms with E-state index in [2.05, 4.69) is 36.1 Å². The summed E-state index contributed by atoms with van der Waals surface area (Å²) >= 11 is 0. The molecule has 1 saturated carbocycles. The molecule has 52 heavy (non-hydrogen) atoms. The molecule has 0 bridgehead atoms. The smallest absolute Gasteiger partial charge is 0.367 e. The molecule has 1 saturated heterocycles. The minimum Gasteiger partial charge on any atom is -0.367 e. The van der Waals surface area contributed by atoms with Gasteiger partial charge in [-0.1, -0.05) is 18.6 Å². The van der Waals surface area contributed by atoms with Crippen molar-refractivity contribution in [3.63, 3.8) is 0 Å². The maximum Gasteiger partial charge on any atom is 0.416 e. The highest BCUT2D eigenvalue weighted by Crippen LogP contribution is 2.33. The Balaban J connectivity index is 1.33. The molecule has 12 nitrogen and oxygen atoms in total. The number of halogens is 3. The standard InChI is InChI=1S/C37H45F3N10O2/c1-24-10-11-28(45-35(51)25-8-7-9-26(20-25)37(38,39)40)21-30(24)46-34-29(14-18-48(2)3)33(36(52)41-15-19-49-16-5-4-6-17-49)47-50(34)32-22-31(42-23-43-32)44-27-12-13-27/h7-11,20-23,27,46H,4-6,12-19H2,1-3H3,(H,41,52)(H,45,51)(H,42,43,44). The Morgan fingerprint density at radius 2 is 1.77 bits per heavy atom. The first-order valence-electron chi connectivity index (χ1n) is 17.7. The SMILES string of the molecule is Cc1ccc(NC(=O)c2cccc(C(F)(F)F)c2)cc1Nc1c(CCN(C)C)c(C(=O)NCCN2CCCCC2)nn1-c1cc(NC2CC2)ncn1. The van der Waals surface area contributed by atoms with Gasteiger partial charge in [0.25, 0.3) is 11.8 Å². The molecule has 1 aliphatic carbocycles. The van der Waals surface area contributed by atoms with Crippen molar-refractivity contribution in [2.75, 3.05) is 62.8 Å². The summed E-state index contributed by atoms with van der Waals surface area (Å²) in [6.45, 7) is 5.80. The lowest BCUT2D eigenvalue weighted by atomic mass is 10.1. The summed E-state index contributed by atoms with van der Waals surface area (Å²) in [7, 11) is 3.91. The van der Waals surface area contributed by atoms with Crippen molar-refractivity contribution in [3.8, 4) is 5.82 Å². The van der Waals surface area contributed by atoms with Crippen LogP contribution in [0.25, 0.3) is 5.82 Å². The molecule has 2 aliphatic rings. The van der Waals surface area contributed by atoms with Gasteiger partial charge in [0, 0.05) is 54.2 Å². The quantitative estimate of drug-likeness (QED) is 0.126. The number of anilines is 4. The van der Waals surface area contributed by atoms with Gasteiger partial charge < -0.3 is 31.1 Å². The number of carbonyl (C=O) groups excluding carboxylic acids is 2. The Morgan fingerprint density at radius 1 is 0.981 bits per heavy atom. The van der Waals surface area contributed by atoms with E-state index in [1.807, 2.05) is 25.9 Å². The summed E-state index contributed by atoms with van der Waals surface area (Å²) in [6, 6.07) is 11.6. The average molecular weight is 719 g/mol. The summed E-state index contributed by atoms with van der Waals surface area (Å²) in [5, 5.41) is 17.5. The summed E-state index contributed by atoms with van der Waals surface area (Å²) < 4.78 is 41.6. The first-order valence-corrected chi connectivity index (χ1v) is 17.7.